The summed E-state index contributed by atoms with van der Waals surface area (Å²) in [6, 6.07) is -1.03. The Morgan fingerprint density at radius 3 is 1.31 bits per heavy atom. The minimum atomic E-state index is -1.63. The maximum absolute atomic E-state index is 13.5. The van der Waals surface area contributed by atoms with Gasteiger partial charge in [-0.05, 0) is 96.3 Å². The lowest BCUT2D eigenvalue weighted by atomic mass is 9.99. The Morgan fingerprint density at radius 1 is 0.481 bits per heavy atom. The van der Waals surface area contributed by atoms with Crippen LogP contribution in [0.25, 0.3) is 0 Å². The number of unbranched alkanes of at least 4 members (excludes halogenated alkanes) is 33. The van der Waals surface area contributed by atoms with E-state index in [0.29, 0.717) is 12.8 Å². The summed E-state index contributed by atoms with van der Waals surface area (Å²) >= 11 is 0. The largest absolute Gasteiger partial charge is 0.454 e. The van der Waals surface area contributed by atoms with Crippen LogP contribution in [-0.4, -0.2) is 99.6 Å². The van der Waals surface area contributed by atoms with Crippen molar-refractivity contribution in [3.05, 3.63) is 72.9 Å². The summed E-state index contributed by atoms with van der Waals surface area (Å²) < 4.78 is 17.6. The highest BCUT2D eigenvalue weighted by molar-refractivity contribution is 5.80. The Bertz CT molecular complexity index is 1590. The van der Waals surface area contributed by atoms with Crippen molar-refractivity contribution in [1.29, 1.82) is 0 Å². The lowest BCUT2D eigenvalue weighted by Gasteiger charge is -2.41. The van der Waals surface area contributed by atoms with Crippen LogP contribution in [0.4, 0.5) is 0 Å². The average Bonchev–Trinajstić information content (AvgIpc) is 3.47. The average molecular weight is 1140 g/mol. The van der Waals surface area contributed by atoms with Crippen LogP contribution in [0.15, 0.2) is 72.9 Å². The summed E-state index contributed by atoms with van der Waals surface area (Å²) in [5.41, 5.74) is 0. The molecule has 0 aliphatic carbocycles. The monoisotopic (exact) mass is 1140 g/mol. The van der Waals surface area contributed by atoms with E-state index in [2.05, 4.69) is 86.8 Å². The zero-order valence-corrected chi connectivity index (χ0v) is 52.1. The molecule has 11 heteroatoms. The van der Waals surface area contributed by atoms with Crippen molar-refractivity contribution in [3.63, 3.8) is 0 Å². The first-order valence-electron chi connectivity index (χ1n) is 33.7. The number of hydrogen-bond donors (Lipinski definition) is 6. The molecule has 0 aromatic heterocycles. The van der Waals surface area contributed by atoms with E-state index in [1.54, 1.807) is 6.08 Å². The molecule has 1 amide bonds. The number of hydrogen-bond acceptors (Lipinski definition) is 10. The smallest absolute Gasteiger partial charge is 0.306 e. The molecule has 1 saturated heterocycles. The highest BCUT2D eigenvalue weighted by Gasteiger charge is 2.47. The van der Waals surface area contributed by atoms with Gasteiger partial charge >= 0.3 is 5.97 Å². The van der Waals surface area contributed by atoms with Crippen molar-refractivity contribution in [2.45, 2.75) is 346 Å². The fourth-order valence-electron chi connectivity index (χ4n) is 10.2. The summed E-state index contributed by atoms with van der Waals surface area (Å²) in [6.07, 6.45) is 63.6. The molecule has 8 unspecified atom stereocenters. The van der Waals surface area contributed by atoms with Crippen LogP contribution in [-0.2, 0) is 23.8 Å². The van der Waals surface area contributed by atoms with Crippen LogP contribution < -0.4 is 5.32 Å². The Balaban J connectivity index is 2.67. The highest BCUT2D eigenvalue weighted by atomic mass is 16.7. The molecule has 8 atom stereocenters. The third-order valence-corrected chi connectivity index (χ3v) is 15.6. The van der Waals surface area contributed by atoms with Crippen molar-refractivity contribution in [2.75, 3.05) is 13.2 Å². The van der Waals surface area contributed by atoms with Gasteiger partial charge in [0.15, 0.2) is 12.4 Å². The number of allylic oxidation sites excluding steroid dienone is 11. The number of aliphatic hydroxyl groups is 5. The van der Waals surface area contributed by atoms with E-state index in [1.807, 2.05) is 6.08 Å². The molecule has 0 aromatic carbocycles. The molecule has 0 aromatic rings. The van der Waals surface area contributed by atoms with Gasteiger partial charge in [0, 0.05) is 6.42 Å². The molecule has 6 N–H and O–H groups in total. The van der Waals surface area contributed by atoms with E-state index in [1.165, 1.54) is 173 Å². The number of nitrogens with one attached hydrogen (secondary N) is 1. The van der Waals surface area contributed by atoms with E-state index >= 15 is 0 Å². The molecule has 0 bridgehead atoms. The molecule has 1 aliphatic rings. The Morgan fingerprint density at radius 2 is 0.852 bits per heavy atom. The van der Waals surface area contributed by atoms with Gasteiger partial charge in [0.1, 0.15) is 24.4 Å². The number of aliphatic hydroxyl groups excluding tert-OH is 5. The molecule has 1 heterocycles. The van der Waals surface area contributed by atoms with Crippen LogP contribution in [0, 0.1) is 0 Å². The molecule has 81 heavy (non-hydrogen) atoms. The van der Waals surface area contributed by atoms with E-state index < -0.39 is 67.4 Å². The van der Waals surface area contributed by atoms with Gasteiger partial charge in [-0.1, -0.05) is 267 Å². The Hall–Kier alpha value is -2.90. The molecule has 1 fully saturated rings. The fraction of sp³-hybridized carbons (Fsp3) is 0.800. The van der Waals surface area contributed by atoms with E-state index in [4.69, 9.17) is 14.2 Å². The maximum atomic E-state index is 13.5. The molecule has 0 spiro atoms. The lowest BCUT2D eigenvalue weighted by Crippen LogP contribution is -2.61. The number of carbonyl (C=O) groups excluding carboxylic acids is 2. The quantitative estimate of drug-likeness (QED) is 0.0195. The molecule has 470 valence electrons. The SMILES string of the molecule is CCCCC/C=C\C/C=C\C/C=C\C/C=C\CCCCCC(=O)OC1C(OCC(NC(=O)C(O)CCCCCCCCCCCC/C=C/CCCCCCCC)C(O)/C=C/CCCCCCCCCCCCC)OC(CO)C(O)C1O. The molecule has 11 nitrogen and oxygen atoms in total. The summed E-state index contributed by atoms with van der Waals surface area (Å²) in [7, 11) is 0. The van der Waals surface area contributed by atoms with Gasteiger partial charge in [0.05, 0.1) is 25.4 Å². The van der Waals surface area contributed by atoms with Crippen molar-refractivity contribution >= 4 is 11.9 Å². The van der Waals surface area contributed by atoms with E-state index in [-0.39, 0.29) is 19.4 Å². The number of rotatable bonds is 57. The number of ether oxygens (including phenoxy) is 3. The summed E-state index contributed by atoms with van der Waals surface area (Å²) in [4.78, 5) is 26.6. The van der Waals surface area contributed by atoms with E-state index in [0.717, 1.165) is 77.0 Å². The van der Waals surface area contributed by atoms with Crippen molar-refractivity contribution in [3.8, 4) is 0 Å². The third kappa shape index (κ3) is 45.2. The van der Waals surface area contributed by atoms with Gasteiger partial charge in [-0.3, -0.25) is 9.59 Å². The van der Waals surface area contributed by atoms with Gasteiger partial charge in [-0.25, -0.2) is 0 Å². The number of amides is 1. The lowest BCUT2D eigenvalue weighted by molar-refractivity contribution is -0.305. The van der Waals surface area contributed by atoms with Crippen LogP contribution >= 0.6 is 0 Å². The molecule has 0 radical (unpaired) electrons. The minimum absolute atomic E-state index is 0.0845. The predicted octanol–water partition coefficient (Wildman–Crippen LogP) is 16.7. The second kappa shape index (κ2) is 57.5. The topological polar surface area (TPSA) is 175 Å². The first kappa shape index (κ1) is 76.1. The summed E-state index contributed by atoms with van der Waals surface area (Å²) in [5.74, 6) is -1.22. The van der Waals surface area contributed by atoms with Crippen LogP contribution in [0.3, 0.4) is 0 Å². The molecular weight excluding hydrogens is 1010 g/mol. The molecule has 0 saturated carbocycles. The molecule has 1 rings (SSSR count). The highest BCUT2D eigenvalue weighted by Crippen LogP contribution is 2.26. The first-order chi connectivity index (χ1) is 39.7. The van der Waals surface area contributed by atoms with Crippen molar-refractivity contribution in [1.82, 2.24) is 5.32 Å². The third-order valence-electron chi connectivity index (χ3n) is 15.6. The number of esters is 1. The van der Waals surface area contributed by atoms with Crippen LogP contribution in [0.5, 0.6) is 0 Å². The standard InChI is InChI=1S/C70H125NO10/c1-4-7-10-13-16-19-22-25-27-29-31-33-34-36-39-42-45-48-51-54-57-63(74)69(78)71-61(62(73)56-53-50-47-44-41-38-24-21-18-15-12-9-6-3)60-79-70-68(67(77)66(76)64(59-72)80-70)81-65(75)58-55-52-49-46-43-40-37-35-32-30-28-26-23-20-17-14-11-8-5-2/h17,20,25-28,32,35,40,43,53,56,61-64,66-68,70,72-74,76-77H,4-16,18-19,21-24,29-31,33-34,36-39,41-42,44-52,54-55,57-60H2,1-3H3,(H,71,78)/b20-17-,27-25+,28-26-,35-32-,43-40-,56-53+. The Labute approximate surface area is 496 Å². The van der Waals surface area contributed by atoms with Crippen molar-refractivity contribution in [2.24, 2.45) is 0 Å². The van der Waals surface area contributed by atoms with Gasteiger partial charge in [0.25, 0.3) is 0 Å². The van der Waals surface area contributed by atoms with Crippen LogP contribution in [0.1, 0.15) is 297 Å². The van der Waals surface area contributed by atoms with Gasteiger partial charge in [0.2, 0.25) is 5.91 Å². The number of carbonyl (C=O) groups is 2. The van der Waals surface area contributed by atoms with Gasteiger partial charge in [-0.15, -0.1) is 0 Å². The zero-order chi connectivity index (χ0) is 58.9. The molecular formula is C70H125NO10. The minimum Gasteiger partial charge on any atom is -0.454 e. The maximum Gasteiger partial charge on any atom is 0.306 e. The first-order valence-corrected chi connectivity index (χ1v) is 33.7. The normalized spacial score (nSPS) is 19.1. The zero-order valence-electron chi connectivity index (χ0n) is 52.1. The second-order valence-corrected chi connectivity index (χ2v) is 23.2. The summed E-state index contributed by atoms with van der Waals surface area (Å²) in [6.45, 7) is 5.76. The van der Waals surface area contributed by atoms with E-state index in [9.17, 15) is 35.1 Å². The predicted molar refractivity (Wildman–Crippen MR) is 338 cm³/mol. The molecule has 1 aliphatic heterocycles. The van der Waals surface area contributed by atoms with Crippen LogP contribution in [0.2, 0.25) is 0 Å². The van der Waals surface area contributed by atoms with Gasteiger partial charge in [-0.2, -0.15) is 0 Å². The fourth-order valence-corrected chi connectivity index (χ4v) is 10.2. The van der Waals surface area contributed by atoms with Crippen molar-refractivity contribution < 1.29 is 49.3 Å². The summed E-state index contributed by atoms with van der Waals surface area (Å²) in [5, 5.41) is 57.1. The second-order valence-electron chi connectivity index (χ2n) is 23.2. The Kier molecular flexibility index (Phi) is 54.1. The van der Waals surface area contributed by atoms with Gasteiger partial charge < -0.3 is 45.1 Å².